The van der Waals surface area contributed by atoms with Crippen LogP contribution in [0.25, 0.3) is 5.69 Å². The lowest BCUT2D eigenvalue weighted by Gasteiger charge is -2.33. The number of rotatable bonds is 3. The zero-order valence-corrected chi connectivity index (χ0v) is 14.9. The molecule has 3 rings (SSSR count). The Morgan fingerprint density at radius 3 is 2.60 bits per heavy atom. The molecule has 6 nitrogen and oxygen atoms in total. The lowest BCUT2D eigenvalue weighted by atomic mass is 10.0. The molecule has 1 aromatic carbocycles. The highest BCUT2D eigenvalue weighted by Crippen LogP contribution is 2.22. The van der Waals surface area contributed by atoms with Gasteiger partial charge in [0.25, 0.3) is 11.5 Å². The van der Waals surface area contributed by atoms with Crippen LogP contribution >= 0.6 is 0 Å². The maximum Gasteiger partial charge on any atom is 0.278 e. The van der Waals surface area contributed by atoms with Crippen LogP contribution in [0.3, 0.4) is 0 Å². The van der Waals surface area contributed by atoms with Gasteiger partial charge in [-0.2, -0.15) is 9.78 Å². The van der Waals surface area contributed by atoms with Crippen molar-refractivity contribution >= 4 is 5.91 Å². The molecule has 0 bridgehead atoms. The second-order valence-electron chi connectivity index (χ2n) is 6.49. The maximum absolute atomic E-state index is 13.0. The molecule has 1 aromatic heterocycles. The Labute approximate surface area is 147 Å². The first-order chi connectivity index (χ1) is 12.0. The number of likely N-dealkylation sites (tertiary alicyclic amines) is 1. The van der Waals surface area contributed by atoms with E-state index in [0.717, 1.165) is 24.8 Å². The van der Waals surface area contributed by atoms with Crippen LogP contribution in [0.5, 0.6) is 5.75 Å². The number of carbonyl (C=O) groups excluding carboxylic acids is 1. The molecule has 1 atom stereocenters. The quantitative estimate of drug-likeness (QED) is 0.861. The third kappa shape index (κ3) is 3.43. The molecule has 2 aromatic rings. The van der Waals surface area contributed by atoms with Crippen LogP contribution in [0.4, 0.5) is 0 Å². The number of aromatic nitrogens is 2. The highest BCUT2D eigenvalue weighted by atomic mass is 16.5. The molecule has 0 spiro atoms. The molecule has 25 heavy (non-hydrogen) atoms. The molecular formula is C19H23N3O3. The Morgan fingerprint density at radius 1 is 1.24 bits per heavy atom. The molecule has 0 radical (unpaired) electrons. The van der Waals surface area contributed by atoms with Crippen molar-refractivity contribution < 1.29 is 9.53 Å². The highest BCUT2D eigenvalue weighted by Gasteiger charge is 2.28. The minimum atomic E-state index is -0.330. The molecule has 0 aliphatic carbocycles. The minimum absolute atomic E-state index is 0.160. The molecule has 6 heteroatoms. The molecule has 0 N–H and O–H groups in total. The number of piperidine rings is 1. The summed E-state index contributed by atoms with van der Waals surface area (Å²) in [6.07, 6.45) is 3.08. The van der Waals surface area contributed by atoms with Gasteiger partial charge in [0.1, 0.15) is 0 Å². The van der Waals surface area contributed by atoms with Crippen LogP contribution < -0.4 is 10.3 Å². The van der Waals surface area contributed by atoms with Crippen molar-refractivity contribution in [3.8, 4) is 11.4 Å². The van der Waals surface area contributed by atoms with E-state index in [2.05, 4.69) is 5.10 Å². The van der Waals surface area contributed by atoms with Crippen LogP contribution in [0.15, 0.2) is 35.1 Å². The number of benzene rings is 1. The van der Waals surface area contributed by atoms with Crippen LogP contribution in [0.2, 0.25) is 0 Å². The van der Waals surface area contributed by atoms with Gasteiger partial charge in [0.15, 0.2) is 11.4 Å². The van der Waals surface area contributed by atoms with E-state index in [0.29, 0.717) is 12.2 Å². The van der Waals surface area contributed by atoms with Gasteiger partial charge in [-0.3, -0.25) is 9.59 Å². The Bertz CT molecular complexity index is 827. The Kier molecular flexibility index (Phi) is 4.88. The first-order valence-corrected chi connectivity index (χ1v) is 8.57. The van der Waals surface area contributed by atoms with E-state index < -0.39 is 0 Å². The van der Waals surface area contributed by atoms with Gasteiger partial charge in [0.05, 0.1) is 18.9 Å². The summed E-state index contributed by atoms with van der Waals surface area (Å²) >= 11 is 0. The van der Waals surface area contributed by atoms with Crippen molar-refractivity contribution in [3.05, 3.63) is 51.9 Å². The van der Waals surface area contributed by atoms with Gasteiger partial charge in [0, 0.05) is 12.6 Å². The van der Waals surface area contributed by atoms with Crippen molar-refractivity contribution in [2.45, 2.75) is 39.2 Å². The summed E-state index contributed by atoms with van der Waals surface area (Å²) in [4.78, 5) is 27.2. The lowest BCUT2D eigenvalue weighted by Crippen LogP contribution is -2.43. The van der Waals surface area contributed by atoms with E-state index >= 15 is 0 Å². The second-order valence-corrected chi connectivity index (χ2v) is 6.49. The van der Waals surface area contributed by atoms with E-state index in [1.165, 1.54) is 17.9 Å². The van der Waals surface area contributed by atoms with Crippen molar-refractivity contribution in [1.82, 2.24) is 14.7 Å². The zero-order valence-electron chi connectivity index (χ0n) is 14.9. The molecule has 1 saturated heterocycles. The number of carbonyl (C=O) groups is 1. The number of nitrogens with zero attached hydrogens (tertiary/aromatic N) is 3. The van der Waals surface area contributed by atoms with Gasteiger partial charge in [-0.1, -0.05) is 17.7 Å². The normalized spacial score (nSPS) is 17.4. The molecule has 0 saturated carbocycles. The molecule has 1 aliphatic heterocycles. The maximum atomic E-state index is 13.0. The number of hydrogen-bond donors (Lipinski definition) is 0. The fourth-order valence-corrected chi connectivity index (χ4v) is 3.15. The predicted molar refractivity (Wildman–Crippen MR) is 95.5 cm³/mol. The Hall–Kier alpha value is -2.63. The van der Waals surface area contributed by atoms with Crippen LogP contribution in [-0.4, -0.2) is 40.3 Å². The van der Waals surface area contributed by atoms with Crippen molar-refractivity contribution in [2.24, 2.45) is 0 Å². The third-order valence-electron chi connectivity index (χ3n) is 4.66. The summed E-state index contributed by atoms with van der Waals surface area (Å²) in [5.74, 6) is 0.0287. The molecule has 1 fully saturated rings. The lowest BCUT2D eigenvalue weighted by molar-refractivity contribution is 0.0623. The smallest absolute Gasteiger partial charge is 0.278 e. The van der Waals surface area contributed by atoms with Crippen LogP contribution in [-0.2, 0) is 0 Å². The molecular weight excluding hydrogens is 318 g/mol. The molecule has 1 amide bonds. The highest BCUT2D eigenvalue weighted by molar-refractivity contribution is 5.95. The van der Waals surface area contributed by atoms with Crippen molar-refractivity contribution in [1.29, 1.82) is 0 Å². The Balaban J connectivity index is 2.06. The van der Waals surface area contributed by atoms with Crippen LogP contribution in [0.1, 0.15) is 42.2 Å². The van der Waals surface area contributed by atoms with Gasteiger partial charge >= 0.3 is 0 Å². The summed E-state index contributed by atoms with van der Waals surface area (Å²) in [6.45, 7) is 4.72. The number of hydrogen-bond acceptors (Lipinski definition) is 4. The van der Waals surface area contributed by atoms with Gasteiger partial charge in [-0.15, -0.1) is 0 Å². The van der Waals surface area contributed by atoms with Gasteiger partial charge in [-0.05, 0) is 45.2 Å². The van der Waals surface area contributed by atoms with E-state index in [-0.39, 0.29) is 29.0 Å². The molecule has 2 heterocycles. The Morgan fingerprint density at radius 2 is 1.96 bits per heavy atom. The van der Waals surface area contributed by atoms with Crippen molar-refractivity contribution in [2.75, 3.05) is 13.7 Å². The van der Waals surface area contributed by atoms with E-state index in [9.17, 15) is 9.59 Å². The molecule has 1 aliphatic rings. The average Bonchev–Trinajstić information content (AvgIpc) is 2.62. The summed E-state index contributed by atoms with van der Waals surface area (Å²) in [5.41, 5.74) is 1.56. The SMILES string of the molecule is COc1cc(=O)n(-c2ccc(C)cc2)nc1C(=O)N1CCCC[C@@H]1C. The second kappa shape index (κ2) is 7.09. The largest absolute Gasteiger partial charge is 0.494 e. The summed E-state index contributed by atoms with van der Waals surface area (Å²) in [6, 6.07) is 8.92. The predicted octanol–water partition coefficient (Wildman–Crippen LogP) is 2.56. The van der Waals surface area contributed by atoms with E-state index in [4.69, 9.17) is 4.74 Å². The fraction of sp³-hybridized carbons (Fsp3) is 0.421. The van der Waals surface area contributed by atoms with E-state index in [1.807, 2.05) is 43.0 Å². The molecule has 132 valence electrons. The molecule has 0 unspecified atom stereocenters. The number of amides is 1. The summed E-state index contributed by atoms with van der Waals surface area (Å²) in [7, 11) is 1.45. The first-order valence-electron chi connectivity index (χ1n) is 8.57. The summed E-state index contributed by atoms with van der Waals surface area (Å²) < 4.78 is 6.51. The fourth-order valence-electron chi connectivity index (χ4n) is 3.15. The standard InChI is InChI=1S/C19H23N3O3/c1-13-7-9-15(10-8-13)22-17(23)12-16(25-3)18(20-22)19(24)21-11-5-4-6-14(21)2/h7-10,12,14H,4-6,11H2,1-3H3/t14-/m0/s1. The minimum Gasteiger partial charge on any atom is -0.494 e. The van der Waals surface area contributed by atoms with Gasteiger partial charge in [-0.25, -0.2) is 0 Å². The van der Waals surface area contributed by atoms with Gasteiger partial charge in [0.2, 0.25) is 0 Å². The average molecular weight is 341 g/mol. The topological polar surface area (TPSA) is 64.4 Å². The monoisotopic (exact) mass is 341 g/mol. The number of ether oxygens (including phenoxy) is 1. The number of aryl methyl sites for hydroxylation is 1. The van der Waals surface area contributed by atoms with Crippen molar-refractivity contribution in [3.63, 3.8) is 0 Å². The number of methoxy groups -OCH3 is 1. The van der Waals surface area contributed by atoms with E-state index in [1.54, 1.807) is 0 Å². The summed E-state index contributed by atoms with van der Waals surface area (Å²) in [5, 5.41) is 4.34. The third-order valence-corrected chi connectivity index (χ3v) is 4.66. The zero-order chi connectivity index (χ0) is 18.0. The van der Waals surface area contributed by atoms with Gasteiger partial charge < -0.3 is 9.64 Å². The van der Waals surface area contributed by atoms with Crippen LogP contribution in [0, 0.1) is 6.92 Å². The first kappa shape index (κ1) is 17.2.